The van der Waals surface area contributed by atoms with E-state index in [1.54, 1.807) is 12.1 Å². The van der Waals surface area contributed by atoms with Gasteiger partial charge < -0.3 is 9.30 Å². The van der Waals surface area contributed by atoms with E-state index in [4.69, 9.17) is 4.74 Å². The summed E-state index contributed by atoms with van der Waals surface area (Å²) in [5, 5.41) is 0. The summed E-state index contributed by atoms with van der Waals surface area (Å²) >= 11 is 0. The zero-order valence-corrected chi connectivity index (χ0v) is 15.0. The Kier molecular flexibility index (Phi) is 5.89. The molecule has 0 atom stereocenters. The van der Waals surface area contributed by atoms with Crippen LogP contribution < -0.4 is 15.6 Å². The number of carbonyl (C=O) groups is 2. The van der Waals surface area contributed by atoms with Crippen LogP contribution in [0.1, 0.15) is 22.8 Å². The first-order valence-electron chi connectivity index (χ1n) is 8.70. The predicted molar refractivity (Wildman–Crippen MR) is 103 cm³/mol. The average Bonchev–Trinajstić information content (AvgIpc) is 3.25. The molecular formula is C21H21N3O3. The molecule has 1 aromatic heterocycles. The molecule has 27 heavy (non-hydrogen) atoms. The molecule has 1 heterocycles. The van der Waals surface area contributed by atoms with Crippen molar-refractivity contribution in [2.45, 2.75) is 13.3 Å². The third-order valence-corrected chi connectivity index (χ3v) is 4.06. The average molecular weight is 363 g/mol. The molecule has 0 fully saturated rings. The van der Waals surface area contributed by atoms with Crippen LogP contribution in [0.15, 0.2) is 73.1 Å². The fraction of sp³-hybridized carbons (Fsp3) is 0.143. The van der Waals surface area contributed by atoms with E-state index >= 15 is 0 Å². The Balaban J connectivity index is 1.49. The monoisotopic (exact) mass is 363 g/mol. The second-order valence-corrected chi connectivity index (χ2v) is 5.89. The van der Waals surface area contributed by atoms with E-state index < -0.39 is 11.8 Å². The number of hydrogen-bond donors (Lipinski definition) is 2. The normalized spacial score (nSPS) is 10.3. The molecule has 0 aliphatic carbocycles. The smallest absolute Gasteiger partial charge is 0.276 e. The number of para-hydroxylation sites is 1. The SMILES string of the molecule is CCc1ccccc1OCC(=O)NNC(=O)c1ccc(-n2cccc2)cc1. The van der Waals surface area contributed by atoms with Gasteiger partial charge in [0.15, 0.2) is 6.61 Å². The Labute approximate surface area is 157 Å². The van der Waals surface area contributed by atoms with Gasteiger partial charge in [-0.3, -0.25) is 20.4 Å². The summed E-state index contributed by atoms with van der Waals surface area (Å²) in [5.74, 6) is -0.156. The number of nitrogens with zero attached hydrogens (tertiary/aromatic N) is 1. The summed E-state index contributed by atoms with van der Waals surface area (Å²) in [6, 6.07) is 18.5. The number of rotatable bonds is 6. The highest BCUT2D eigenvalue weighted by molar-refractivity contribution is 5.95. The van der Waals surface area contributed by atoms with Crippen molar-refractivity contribution in [1.82, 2.24) is 15.4 Å². The number of nitrogens with one attached hydrogen (secondary N) is 2. The Hall–Kier alpha value is -3.54. The summed E-state index contributed by atoms with van der Waals surface area (Å²) in [7, 11) is 0. The molecule has 0 aliphatic rings. The van der Waals surface area contributed by atoms with Crippen molar-refractivity contribution >= 4 is 11.8 Å². The molecule has 0 saturated carbocycles. The highest BCUT2D eigenvalue weighted by Crippen LogP contribution is 2.17. The zero-order chi connectivity index (χ0) is 19.1. The fourth-order valence-electron chi connectivity index (χ4n) is 2.61. The van der Waals surface area contributed by atoms with Gasteiger partial charge in [0.2, 0.25) is 0 Å². The highest BCUT2D eigenvalue weighted by atomic mass is 16.5. The largest absolute Gasteiger partial charge is 0.483 e. The Morgan fingerprint density at radius 1 is 0.926 bits per heavy atom. The van der Waals surface area contributed by atoms with Crippen LogP contribution in [0.3, 0.4) is 0 Å². The van der Waals surface area contributed by atoms with E-state index in [-0.39, 0.29) is 6.61 Å². The first-order valence-corrected chi connectivity index (χ1v) is 8.70. The van der Waals surface area contributed by atoms with Gasteiger partial charge in [-0.05, 0) is 54.4 Å². The minimum atomic E-state index is -0.432. The van der Waals surface area contributed by atoms with Gasteiger partial charge in [0, 0.05) is 23.6 Å². The number of hydrogen-bond acceptors (Lipinski definition) is 3. The maximum Gasteiger partial charge on any atom is 0.276 e. The molecule has 0 bridgehead atoms. The molecule has 0 radical (unpaired) electrons. The molecule has 0 saturated heterocycles. The van der Waals surface area contributed by atoms with Crippen molar-refractivity contribution in [3.05, 3.63) is 84.2 Å². The zero-order valence-electron chi connectivity index (χ0n) is 15.0. The first-order chi connectivity index (χ1) is 13.2. The number of ether oxygens (including phenoxy) is 1. The first kappa shape index (κ1) is 18.3. The van der Waals surface area contributed by atoms with Gasteiger partial charge >= 0.3 is 0 Å². The van der Waals surface area contributed by atoms with Crippen LogP contribution in [-0.4, -0.2) is 23.0 Å². The van der Waals surface area contributed by atoms with Crippen molar-refractivity contribution in [3.8, 4) is 11.4 Å². The summed E-state index contributed by atoms with van der Waals surface area (Å²) in [5.41, 5.74) is 7.18. The van der Waals surface area contributed by atoms with Crippen molar-refractivity contribution in [3.63, 3.8) is 0 Å². The van der Waals surface area contributed by atoms with Crippen LogP contribution in [0, 0.1) is 0 Å². The van der Waals surface area contributed by atoms with Crippen LogP contribution >= 0.6 is 0 Å². The molecule has 2 aromatic carbocycles. The van der Waals surface area contributed by atoms with Gasteiger partial charge in [-0.2, -0.15) is 0 Å². The lowest BCUT2D eigenvalue weighted by molar-refractivity contribution is -0.123. The van der Waals surface area contributed by atoms with Crippen LogP contribution in [0.4, 0.5) is 0 Å². The highest BCUT2D eigenvalue weighted by Gasteiger charge is 2.09. The third kappa shape index (κ3) is 4.76. The van der Waals surface area contributed by atoms with Crippen LogP contribution in [0.5, 0.6) is 5.75 Å². The maximum absolute atomic E-state index is 12.1. The number of benzene rings is 2. The third-order valence-electron chi connectivity index (χ3n) is 4.06. The van der Waals surface area contributed by atoms with Gasteiger partial charge in [-0.15, -0.1) is 0 Å². The van der Waals surface area contributed by atoms with Crippen molar-refractivity contribution in [2.24, 2.45) is 0 Å². The Morgan fingerprint density at radius 2 is 1.63 bits per heavy atom. The fourth-order valence-corrected chi connectivity index (χ4v) is 2.61. The van der Waals surface area contributed by atoms with Crippen molar-refractivity contribution < 1.29 is 14.3 Å². The summed E-state index contributed by atoms with van der Waals surface area (Å²) in [6.45, 7) is 1.84. The summed E-state index contributed by atoms with van der Waals surface area (Å²) in [6.07, 6.45) is 4.66. The van der Waals surface area contributed by atoms with Crippen molar-refractivity contribution in [2.75, 3.05) is 6.61 Å². The molecule has 0 spiro atoms. The second-order valence-electron chi connectivity index (χ2n) is 5.89. The molecule has 2 N–H and O–H groups in total. The molecule has 3 aromatic rings. The van der Waals surface area contributed by atoms with E-state index in [0.717, 1.165) is 17.7 Å². The molecule has 0 aliphatic heterocycles. The van der Waals surface area contributed by atoms with Crippen LogP contribution in [0.25, 0.3) is 5.69 Å². The molecular weight excluding hydrogens is 342 g/mol. The predicted octanol–water partition coefficient (Wildman–Crippen LogP) is 2.88. The van der Waals surface area contributed by atoms with E-state index in [1.807, 2.05) is 72.4 Å². The molecule has 0 unspecified atom stereocenters. The quantitative estimate of drug-likeness (QED) is 0.662. The number of carbonyl (C=O) groups excluding carboxylic acids is 2. The minimum absolute atomic E-state index is 0.177. The van der Waals surface area contributed by atoms with Gasteiger partial charge in [0.25, 0.3) is 11.8 Å². The van der Waals surface area contributed by atoms with E-state index in [1.165, 1.54) is 0 Å². The topological polar surface area (TPSA) is 72.4 Å². The molecule has 138 valence electrons. The summed E-state index contributed by atoms with van der Waals surface area (Å²) < 4.78 is 7.46. The van der Waals surface area contributed by atoms with Gasteiger partial charge in [0.1, 0.15) is 5.75 Å². The Morgan fingerprint density at radius 3 is 2.33 bits per heavy atom. The number of aryl methyl sites for hydroxylation is 1. The minimum Gasteiger partial charge on any atom is -0.483 e. The molecule has 6 heteroatoms. The number of hydrazine groups is 1. The molecule has 6 nitrogen and oxygen atoms in total. The molecule has 3 rings (SSSR count). The van der Waals surface area contributed by atoms with Crippen molar-refractivity contribution in [1.29, 1.82) is 0 Å². The Bertz CT molecular complexity index is 903. The van der Waals surface area contributed by atoms with Gasteiger partial charge in [0.05, 0.1) is 0 Å². The maximum atomic E-state index is 12.1. The van der Waals surface area contributed by atoms with E-state index in [9.17, 15) is 9.59 Å². The lowest BCUT2D eigenvalue weighted by Crippen LogP contribution is -2.43. The second kappa shape index (κ2) is 8.71. The lowest BCUT2D eigenvalue weighted by Gasteiger charge is -2.11. The number of aromatic nitrogens is 1. The van der Waals surface area contributed by atoms with Gasteiger partial charge in [-0.1, -0.05) is 25.1 Å². The van der Waals surface area contributed by atoms with Crippen LogP contribution in [0.2, 0.25) is 0 Å². The van der Waals surface area contributed by atoms with E-state index in [2.05, 4.69) is 10.9 Å². The molecule has 2 amide bonds. The van der Waals surface area contributed by atoms with Crippen LogP contribution in [-0.2, 0) is 11.2 Å². The summed E-state index contributed by atoms with van der Waals surface area (Å²) in [4.78, 5) is 24.1. The number of amides is 2. The van der Waals surface area contributed by atoms with E-state index in [0.29, 0.717) is 11.3 Å². The van der Waals surface area contributed by atoms with Gasteiger partial charge in [-0.25, -0.2) is 0 Å². The lowest BCUT2D eigenvalue weighted by atomic mass is 10.1. The standard InChI is InChI=1S/C21H21N3O3/c1-2-16-7-3-4-8-19(16)27-15-20(25)22-23-21(26)17-9-11-18(12-10-17)24-13-5-6-14-24/h3-14H,2,15H2,1H3,(H,22,25)(H,23,26).